The highest BCUT2D eigenvalue weighted by Gasteiger charge is 2.36. The van der Waals surface area contributed by atoms with Crippen molar-refractivity contribution in [3.8, 4) is 17.2 Å². The maximum Gasteiger partial charge on any atom is 0.198 e. The first-order valence-electron chi connectivity index (χ1n) is 9.51. The number of phenols is 2. The maximum atomic E-state index is 13.3. The van der Waals surface area contributed by atoms with Crippen molar-refractivity contribution in [2.75, 3.05) is 7.11 Å². The van der Waals surface area contributed by atoms with Gasteiger partial charge < -0.3 is 14.9 Å². The lowest BCUT2D eigenvalue weighted by Crippen LogP contribution is -2.21. The third kappa shape index (κ3) is 2.95. The zero-order chi connectivity index (χ0) is 21.7. The van der Waals surface area contributed by atoms with Crippen molar-refractivity contribution < 1.29 is 24.5 Å². The molecule has 0 spiro atoms. The predicted octanol–water partition coefficient (Wildman–Crippen LogP) is 5.19. The summed E-state index contributed by atoms with van der Waals surface area (Å²) >= 11 is 1.43. The Hall–Kier alpha value is -3.77. The van der Waals surface area contributed by atoms with E-state index in [4.69, 9.17) is 4.74 Å². The maximum absolute atomic E-state index is 13.3. The van der Waals surface area contributed by atoms with Gasteiger partial charge in [0.05, 0.1) is 18.2 Å². The summed E-state index contributed by atoms with van der Waals surface area (Å²) in [7, 11) is 1.59. The first-order valence-corrected chi connectivity index (χ1v) is 10.3. The van der Waals surface area contributed by atoms with Crippen molar-refractivity contribution in [1.29, 1.82) is 0 Å². The highest BCUT2D eigenvalue weighted by atomic mass is 32.2. The van der Waals surface area contributed by atoms with Crippen LogP contribution in [-0.4, -0.2) is 28.9 Å². The number of methoxy groups -OCH3 is 1. The molecule has 2 N–H and O–H groups in total. The van der Waals surface area contributed by atoms with Crippen molar-refractivity contribution in [1.82, 2.24) is 0 Å². The smallest absolute Gasteiger partial charge is 0.198 e. The molecule has 5 nitrogen and oxygen atoms in total. The number of carbonyl (C=O) groups is 2. The van der Waals surface area contributed by atoms with Crippen molar-refractivity contribution in [2.24, 2.45) is 0 Å². The number of phenolic OH excluding ortho intramolecular Hbond substituents is 2. The second-order valence-electron chi connectivity index (χ2n) is 7.14. The topological polar surface area (TPSA) is 83.8 Å². The Kier molecular flexibility index (Phi) is 4.45. The first-order chi connectivity index (χ1) is 15.0. The third-order valence-corrected chi connectivity index (χ3v) is 6.35. The summed E-state index contributed by atoms with van der Waals surface area (Å²) in [6, 6.07) is 19.1. The second kappa shape index (κ2) is 7.18. The van der Waals surface area contributed by atoms with Gasteiger partial charge in [-0.1, -0.05) is 42.1 Å². The molecule has 0 aromatic heterocycles. The van der Waals surface area contributed by atoms with Crippen LogP contribution in [-0.2, 0) is 0 Å². The highest BCUT2D eigenvalue weighted by Crippen LogP contribution is 2.45. The van der Waals surface area contributed by atoms with Crippen LogP contribution < -0.4 is 4.74 Å². The van der Waals surface area contributed by atoms with E-state index in [1.54, 1.807) is 49.6 Å². The van der Waals surface area contributed by atoms with Crippen LogP contribution in [0.3, 0.4) is 0 Å². The van der Waals surface area contributed by atoms with Crippen LogP contribution in [0.15, 0.2) is 76.5 Å². The van der Waals surface area contributed by atoms with E-state index in [0.717, 1.165) is 15.5 Å². The quantitative estimate of drug-likeness (QED) is 0.385. The minimum Gasteiger partial charge on any atom is -0.506 e. The Labute approximate surface area is 181 Å². The van der Waals surface area contributed by atoms with Crippen LogP contribution in [0.4, 0.5) is 0 Å². The van der Waals surface area contributed by atoms with Gasteiger partial charge in [-0.3, -0.25) is 9.59 Å². The van der Waals surface area contributed by atoms with Gasteiger partial charge in [-0.05, 0) is 36.4 Å². The molecule has 0 saturated heterocycles. The third-order valence-electron chi connectivity index (χ3n) is 5.37. The molecular weight excluding hydrogens is 412 g/mol. The van der Waals surface area contributed by atoms with E-state index in [1.165, 1.54) is 11.8 Å². The summed E-state index contributed by atoms with van der Waals surface area (Å²) in [5, 5.41) is 22.2. The normalized spacial score (nSPS) is 12.5. The van der Waals surface area contributed by atoms with E-state index in [0.29, 0.717) is 10.8 Å². The van der Waals surface area contributed by atoms with E-state index in [2.05, 4.69) is 0 Å². The summed E-state index contributed by atoms with van der Waals surface area (Å²) in [5.74, 6) is -0.840. The molecule has 0 bridgehead atoms. The van der Waals surface area contributed by atoms with Crippen molar-refractivity contribution in [3.05, 3.63) is 89.0 Å². The fourth-order valence-corrected chi connectivity index (χ4v) is 4.79. The summed E-state index contributed by atoms with van der Waals surface area (Å²) in [4.78, 5) is 28.2. The number of carbonyl (C=O) groups excluding carboxylic acids is 2. The SMILES string of the molecule is COc1cccc(Sc2ccc3c(c2)C(=O)c2c(c(O)c4ccccc4c2O)C3=O)c1. The lowest BCUT2D eigenvalue weighted by molar-refractivity contribution is 0.0974. The summed E-state index contributed by atoms with van der Waals surface area (Å²) in [5.41, 5.74) is 0.104. The summed E-state index contributed by atoms with van der Waals surface area (Å²) < 4.78 is 5.25. The molecule has 5 rings (SSSR count). The average Bonchev–Trinajstić information content (AvgIpc) is 2.80. The molecule has 6 heteroatoms. The van der Waals surface area contributed by atoms with Gasteiger partial charge in [0.15, 0.2) is 11.6 Å². The minimum atomic E-state index is -0.490. The van der Waals surface area contributed by atoms with Gasteiger partial charge in [0.2, 0.25) is 0 Å². The number of rotatable bonds is 3. The van der Waals surface area contributed by atoms with Crippen LogP contribution in [0.1, 0.15) is 31.8 Å². The number of hydrogen-bond acceptors (Lipinski definition) is 6. The minimum absolute atomic E-state index is 0.151. The molecular formula is C25H16O5S. The molecule has 0 aliphatic heterocycles. The van der Waals surface area contributed by atoms with E-state index < -0.39 is 11.6 Å². The van der Waals surface area contributed by atoms with Crippen molar-refractivity contribution in [3.63, 3.8) is 0 Å². The fraction of sp³-hybridized carbons (Fsp3) is 0.0400. The zero-order valence-electron chi connectivity index (χ0n) is 16.4. The zero-order valence-corrected chi connectivity index (χ0v) is 17.2. The van der Waals surface area contributed by atoms with E-state index in [1.807, 2.05) is 24.3 Å². The molecule has 152 valence electrons. The van der Waals surface area contributed by atoms with Gasteiger partial charge in [-0.2, -0.15) is 0 Å². The molecule has 0 heterocycles. The Bertz CT molecular complexity index is 1410. The van der Waals surface area contributed by atoms with E-state index in [-0.39, 0.29) is 33.8 Å². The highest BCUT2D eigenvalue weighted by molar-refractivity contribution is 7.99. The van der Waals surface area contributed by atoms with Gasteiger partial charge in [-0.25, -0.2) is 0 Å². The molecule has 0 amide bonds. The molecule has 0 unspecified atom stereocenters. The second-order valence-corrected chi connectivity index (χ2v) is 8.29. The predicted molar refractivity (Wildman–Crippen MR) is 118 cm³/mol. The number of ether oxygens (including phenoxy) is 1. The molecule has 0 saturated carbocycles. The van der Waals surface area contributed by atoms with Crippen LogP contribution in [0.2, 0.25) is 0 Å². The standard InChI is InChI=1S/C25H16O5S/c1-30-13-5-4-6-14(11-13)31-15-9-10-18-19(12-15)25(29)21-20(24(18)28)22(26)16-7-2-3-8-17(16)23(21)27/h2-12,26-27H,1H3. The van der Waals surface area contributed by atoms with Crippen molar-refractivity contribution in [2.45, 2.75) is 9.79 Å². The molecule has 0 fully saturated rings. The van der Waals surface area contributed by atoms with Gasteiger partial charge >= 0.3 is 0 Å². The molecule has 31 heavy (non-hydrogen) atoms. The van der Waals surface area contributed by atoms with E-state index in [9.17, 15) is 19.8 Å². The Morgan fingerprint density at radius 1 is 0.710 bits per heavy atom. The lowest BCUT2D eigenvalue weighted by Gasteiger charge is -2.21. The molecule has 1 aliphatic carbocycles. The molecule has 0 radical (unpaired) electrons. The lowest BCUT2D eigenvalue weighted by atomic mass is 9.81. The van der Waals surface area contributed by atoms with Gasteiger partial charge in [0, 0.05) is 31.7 Å². The Morgan fingerprint density at radius 2 is 1.32 bits per heavy atom. The van der Waals surface area contributed by atoms with Crippen LogP contribution >= 0.6 is 11.8 Å². The monoisotopic (exact) mass is 428 g/mol. The molecule has 4 aromatic rings. The number of aromatic hydroxyl groups is 2. The summed E-state index contributed by atoms with van der Waals surface area (Å²) in [6.07, 6.45) is 0. The Balaban J connectivity index is 1.64. The fourth-order valence-electron chi connectivity index (χ4n) is 3.89. The van der Waals surface area contributed by atoms with Crippen LogP contribution in [0, 0.1) is 0 Å². The number of fused-ring (bicyclic) bond motifs is 3. The average molecular weight is 428 g/mol. The largest absolute Gasteiger partial charge is 0.506 e. The van der Waals surface area contributed by atoms with Gasteiger partial charge in [0.25, 0.3) is 0 Å². The molecule has 1 aliphatic rings. The number of ketones is 2. The summed E-state index contributed by atoms with van der Waals surface area (Å²) in [6.45, 7) is 0. The van der Waals surface area contributed by atoms with Crippen LogP contribution in [0.5, 0.6) is 17.2 Å². The van der Waals surface area contributed by atoms with E-state index >= 15 is 0 Å². The molecule has 0 atom stereocenters. The van der Waals surface area contributed by atoms with Crippen molar-refractivity contribution >= 4 is 34.1 Å². The Morgan fingerprint density at radius 3 is 1.97 bits per heavy atom. The number of benzene rings is 4. The van der Waals surface area contributed by atoms with Crippen LogP contribution in [0.25, 0.3) is 10.8 Å². The van der Waals surface area contributed by atoms with Gasteiger partial charge in [-0.15, -0.1) is 0 Å². The van der Waals surface area contributed by atoms with Gasteiger partial charge in [0.1, 0.15) is 17.2 Å². The molecule has 4 aromatic carbocycles. The first kappa shape index (κ1) is 19.2. The number of hydrogen-bond donors (Lipinski definition) is 2.